The first-order valence-electron chi connectivity index (χ1n) is 9.18. The van der Waals surface area contributed by atoms with Crippen LogP contribution in [0.4, 0.5) is 17.1 Å². The van der Waals surface area contributed by atoms with E-state index in [1.54, 1.807) is 30.3 Å². The van der Waals surface area contributed by atoms with Gasteiger partial charge < -0.3 is 21.5 Å². The van der Waals surface area contributed by atoms with Gasteiger partial charge in [0.05, 0.1) is 10.6 Å². The molecule has 30 heavy (non-hydrogen) atoms. The average molecular weight is 401 g/mol. The molecule has 0 radical (unpaired) electrons. The minimum absolute atomic E-state index is 0.0279. The van der Waals surface area contributed by atoms with Crippen molar-refractivity contribution in [3.05, 3.63) is 99.6 Å². The van der Waals surface area contributed by atoms with E-state index in [0.29, 0.717) is 28.1 Å². The Bertz CT molecular complexity index is 1160. The number of aliphatic hydroxyl groups is 1. The van der Waals surface area contributed by atoms with E-state index in [4.69, 9.17) is 11.1 Å². The van der Waals surface area contributed by atoms with E-state index in [0.717, 1.165) is 11.3 Å². The summed E-state index contributed by atoms with van der Waals surface area (Å²) < 4.78 is 0. The van der Waals surface area contributed by atoms with Gasteiger partial charge in [-0.3, -0.25) is 15.5 Å². The first-order valence-corrected chi connectivity index (χ1v) is 9.18. The van der Waals surface area contributed by atoms with Gasteiger partial charge in [-0.25, -0.2) is 0 Å². The molecule has 0 bridgehead atoms. The molecule has 4 rings (SSSR count). The molecule has 8 heteroatoms. The molecule has 3 aromatic rings. The standard InChI is InChI=1S/C22H19N5O3/c23-21(24)14-6-8-15(9-7-14)25-20(13-4-2-1-3-5-13)19-17-12-16(27(29)30)10-11-18(17)26-22(19)28/h1-12,22,25-26,28H,(H3,23,24)/b20-19-. The number of nitrogens with one attached hydrogen (secondary N) is 3. The Hall–Kier alpha value is -4.17. The Morgan fingerprint density at radius 2 is 1.77 bits per heavy atom. The molecule has 1 aliphatic rings. The largest absolute Gasteiger partial charge is 0.384 e. The van der Waals surface area contributed by atoms with Gasteiger partial charge >= 0.3 is 0 Å². The summed E-state index contributed by atoms with van der Waals surface area (Å²) in [5.41, 5.74) is 9.89. The predicted molar refractivity (Wildman–Crippen MR) is 117 cm³/mol. The number of aliphatic hydroxyl groups excluding tert-OH is 1. The molecule has 1 unspecified atom stereocenters. The van der Waals surface area contributed by atoms with Crippen molar-refractivity contribution >= 4 is 34.2 Å². The van der Waals surface area contributed by atoms with Gasteiger partial charge in [0.2, 0.25) is 0 Å². The highest BCUT2D eigenvalue weighted by Gasteiger charge is 2.30. The summed E-state index contributed by atoms with van der Waals surface area (Å²) in [6, 6.07) is 20.9. The lowest BCUT2D eigenvalue weighted by Gasteiger charge is -2.17. The molecule has 0 spiro atoms. The van der Waals surface area contributed by atoms with E-state index in [9.17, 15) is 15.2 Å². The monoisotopic (exact) mass is 401 g/mol. The van der Waals surface area contributed by atoms with Gasteiger partial charge in [-0.1, -0.05) is 30.3 Å². The fourth-order valence-electron chi connectivity index (χ4n) is 3.41. The summed E-state index contributed by atoms with van der Waals surface area (Å²) >= 11 is 0. The third-order valence-electron chi connectivity index (χ3n) is 4.87. The number of anilines is 2. The van der Waals surface area contributed by atoms with E-state index < -0.39 is 11.2 Å². The first-order chi connectivity index (χ1) is 14.4. The average Bonchev–Trinajstić information content (AvgIpc) is 3.07. The zero-order valence-electron chi connectivity index (χ0n) is 15.8. The quantitative estimate of drug-likeness (QED) is 0.192. The number of nitrogens with two attached hydrogens (primary N) is 1. The van der Waals surface area contributed by atoms with Crippen LogP contribution in [0.15, 0.2) is 72.8 Å². The Balaban J connectivity index is 1.86. The number of amidine groups is 1. The predicted octanol–water partition coefficient (Wildman–Crippen LogP) is 3.60. The lowest BCUT2D eigenvalue weighted by molar-refractivity contribution is -0.384. The molecule has 1 heterocycles. The number of non-ortho nitro benzene ring substituents is 1. The number of nitro groups is 1. The maximum absolute atomic E-state index is 11.3. The number of nitro benzene ring substituents is 1. The third-order valence-corrected chi connectivity index (χ3v) is 4.87. The van der Waals surface area contributed by atoms with Crippen LogP contribution in [-0.4, -0.2) is 22.1 Å². The molecular weight excluding hydrogens is 382 g/mol. The highest BCUT2D eigenvalue weighted by Crippen LogP contribution is 2.41. The van der Waals surface area contributed by atoms with Crippen LogP contribution in [-0.2, 0) is 0 Å². The van der Waals surface area contributed by atoms with E-state index in [-0.39, 0.29) is 11.5 Å². The van der Waals surface area contributed by atoms with Crippen LogP contribution in [0.25, 0.3) is 11.3 Å². The van der Waals surface area contributed by atoms with Crippen molar-refractivity contribution in [2.24, 2.45) is 5.73 Å². The van der Waals surface area contributed by atoms with Crippen LogP contribution < -0.4 is 16.4 Å². The van der Waals surface area contributed by atoms with Crippen molar-refractivity contribution < 1.29 is 10.0 Å². The lowest BCUT2D eigenvalue weighted by Crippen LogP contribution is -2.16. The summed E-state index contributed by atoms with van der Waals surface area (Å²) in [6.45, 7) is 0. The van der Waals surface area contributed by atoms with E-state index in [2.05, 4.69) is 10.6 Å². The van der Waals surface area contributed by atoms with Crippen LogP contribution in [0, 0.1) is 15.5 Å². The minimum atomic E-state index is -1.04. The van der Waals surface area contributed by atoms with Crippen LogP contribution in [0.1, 0.15) is 16.7 Å². The molecule has 0 fully saturated rings. The summed E-state index contributed by atoms with van der Waals surface area (Å²) in [4.78, 5) is 10.8. The molecule has 0 aliphatic carbocycles. The van der Waals surface area contributed by atoms with Crippen LogP contribution in [0.5, 0.6) is 0 Å². The lowest BCUT2D eigenvalue weighted by atomic mass is 9.99. The molecule has 0 amide bonds. The van der Waals surface area contributed by atoms with Gasteiger partial charge in [0.25, 0.3) is 5.69 Å². The van der Waals surface area contributed by atoms with E-state index in [1.165, 1.54) is 12.1 Å². The molecule has 3 aromatic carbocycles. The molecule has 0 saturated carbocycles. The number of nitrogens with zero attached hydrogens (tertiary/aromatic N) is 1. The van der Waals surface area contributed by atoms with E-state index >= 15 is 0 Å². The molecule has 1 aliphatic heterocycles. The molecule has 0 saturated heterocycles. The van der Waals surface area contributed by atoms with Gasteiger partial charge in [-0.05, 0) is 35.9 Å². The normalized spacial score (nSPS) is 16.4. The second-order valence-electron chi connectivity index (χ2n) is 6.80. The Kier molecular flexibility index (Phi) is 4.91. The maximum atomic E-state index is 11.3. The first kappa shape index (κ1) is 19.2. The summed E-state index contributed by atoms with van der Waals surface area (Å²) in [5, 5.41) is 35.8. The number of nitrogen functional groups attached to an aromatic ring is 1. The van der Waals surface area contributed by atoms with Crippen LogP contribution in [0.3, 0.4) is 0 Å². The van der Waals surface area contributed by atoms with E-state index in [1.807, 2.05) is 30.3 Å². The highest BCUT2D eigenvalue weighted by molar-refractivity contribution is 6.03. The summed E-state index contributed by atoms with van der Waals surface area (Å²) in [7, 11) is 0. The SMILES string of the molecule is N=C(N)c1ccc(N/C(=C2/c3cc([N+](=O)[O-])ccc3NC2O)c2ccccc2)cc1. The summed E-state index contributed by atoms with van der Waals surface area (Å²) in [5.74, 6) is -0.0279. The molecule has 8 nitrogen and oxygen atoms in total. The van der Waals surface area contributed by atoms with Crippen molar-refractivity contribution in [1.82, 2.24) is 0 Å². The molecular formula is C22H19N5O3. The number of fused-ring (bicyclic) bond motifs is 1. The van der Waals surface area contributed by atoms with Crippen molar-refractivity contribution in [3.8, 4) is 0 Å². The smallest absolute Gasteiger partial charge is 0.270 e. The Morgan fingerprint density at radius 1 is 1.07 bits per heavy atom. The number of rotatable bonds is 5. The number of hydrogen-bond acceptors (Lipinski definition) is 6. The van der Waals surface area contributed by atoms with Crippen molar-refractivity contribution in [1.29, 1.82) is 5.41 Å². The second kappa shape index (κ2) is 7.69. The second-order valence-corrected chi connectivity index (χ2v) is 6.80. The van der Waals surface area contributed by atoms with Crippen LogP contribution >= 0.6 is 0 Å². The summed E-state index contributed by atoms with van der Waals surface area (Å²) in [6.07, 6.45) is -1.04. The molecule has 1 atom stereocenters. The zero-order chi connectivity index (χ0) is 21.3. The van der Waals surface area contributed by atoms with Crippen molar-refractivity contribution in [3.63, 3.8) is 0 Å². The van der Waals surface area contributed by atoms with Gasteiger partial charge in [-0.2, -0.15) is 0 Å². The minimum Gasteiger partial charge on any atom is -0.384 e. The van der Waals surface area contributed by atoms with Crippen LogP contribution in [0.2, 0.25) is 0 Å². The zero-order valence-corrected chi connectivity index (χ0v) is 15.8. The highest BCUT2D eigenvalue weighted by atomic mass is 16.6. The Morgan fingerprint density at radius 3 is 2.40 bits per heavy atom. The molecule has 0 aromatic heterocycles. The number of hydrogen-bond donors (Lipinski definition) is 5. The third kappa shape index (κ3) is 3.59. The maximum Gasteiger partial charge on any atom is 0.270 e. The molecule has 6 N–H and O–H groups in total. The van der Waals surface area contributed by atoms with Gasteiger partial charge in [0, 0.05) is 40.2 Å². The van der Waals surface area contributed by atoms with Gasteiger partial charge in [0.1, 0.15) is 5.84 Å². The fourth-order valence-corrected chi connectivity index (χ4v) is 3.41. The van der Waals surface area contributed by atoms with Crippen molar-refractivity contribution in [2.45, 2.75) is 6.23 Å². The Labute approximate surface area is 172 Å². The topological polar surface area (TPSA) is 137 Å². The van der Waals surface area contributed by atoms with Gasteiger partial charge in [-0.15, -0.1) is 0 Å². The number of benzene rings is 3. The van der Waals surface area contributed by atoms with Crippen molar-refractivity contribution in [2.75, 3.05) is 10.6 Å². The molecule has 150 valence electrons. The van der Waals surface area contributed by atoms with Gasteiger partial charge in [0.15, 0.2) is 6.23 Å². The fraction of sp³-hybridized carbons (Fsp3) is 0.0455.